The van der Waals surface area contributed by atoms with E-state index < -0.39 is 0 Å². The summed E-state index contributed by atoms with van der Waals surface area (Å²) in [5.74, 6) is 1.13. The first kappa shape index (κ1) is 15.1. The van der Waals surface area contributed by atoms with Gasteiger partial charge in [0, 0.05) is 24.6 Å². The number of benzene rings is 2. The molecule has 2 unspecified atom stereocenters. The molecule has 3 rings (SSSR count). The van der Waals surface area contributed by atoms with Gasteiger partial charge in [-0.05, 0) is 18.6 Å². The maximum absolute atomic E-state index is 6.06. The number of ether oxygens (including phenoxy) is 2. The Balaban J connectivity index is 2.01. The Kier molecular flexibility index (Phi) is 5.09. The third-order valence-electron chi connectivity index (χ3n) is 4.04. The van der Waals surface area contributed by atoms with Gasteiger partial charge in [0.2, 0.25) is 0 Å². The van der Waals surface area contributed by atoms with E-state index in [1.807, 2.05) is 19.1 Å². The molecule has 0 radical (unpaired) electrons. The largest absolute Gasteiger partial charge is 0.494 e. The topological polar surface area (TPSA) is 30.5 Å². The van der Waals surface area contributed by atoms with Gasteiger partial charge in [-0.15, -0.1) is 0 Å². The fourth-order valence-electron chi connectivity index (χ4n) is 3.08. The lowest BCUT2D eigenvalue weighted by Gasteiger charge is -2.32. The van der Waals surface area contributed by atoms with Gasteiger partial charge in [0.25, 0.3) is 0 Å². The van der Waals surface area contributed by atoms with Crippen molar-refractivity contribution in [3.63, 3.8) is 0 Å². The molecule has 3 nitrogen and oxygen atoms in total. The molecule has 0 aromatic heterocycles. The van der Waals surface area contributed by atoms with Crippen molar-refractivity contribution in [3.8, 4) is 5.75 Å². The summed E-state index contributed by atoms with van der Waals surface area (Å²) in [6, 6.07) is 18.9. The predicted octanol–water partition coefficient (Wildman–Crippen LogP) is 3.21. The second-order valence-corrected chi connectivity index (χ2v) is 5.47. The van der Waals surface area contributed by atoms with Crippen LogP contribution in [-0.2, 0) is 4.74 Å². The first-order chi connectivity index (χ1) is 10.9. The Morgan fingerprint density at radius 1 is 1.14 bits per heavy atom. The first-order valence-corrected chi connectivity index (χ1v) is 7.99. The summed E-state index contributed by atoms with van der Waals surface area (Å²) in [4.78, 5) is 0. The van der Waals surface area contributed by atoms with Gasteiger partial charge in [-0.2, -0.15) is 0 Å². The number of morpholine rings is 1. The Morgan fingerprint density at radius 3 is 2.64 bits per heavy atom. The summed E-state index contributed by atoms with van der Waals surface area (Å²) in [7, 11) is 0. The standard InChI is InChI=1S/C19H23NO2/c1-2-21-17-11-7-6-10-16(17)19(15-8-4-3-5-9-15)18-14-20-12-13-22-18/h3-11,18-20H,2,12-14H2,1H3. The van der Waals surface area contributed by atoms with Gasteiger partial charge in [0.05, 0.1) is 19.3 Å². The first-order valence-electron chi connectivity index (χ1n) is 7.99. The Morgan fingerprint density at radius 2 is 1.91 bits per heavy atom. The molecule has 0 saturated carbocycles. The van der Waals surface area contributed by atoms with Crippen LogP contribution in [0.2, 0.25) is 0 Å². The minimum absolute atomic E-state index is 0.123. The van der Waals surface area contributed by atoms with Crippen LogP contribution in [0.3, 0.4) is 0 Å². The maximum Gasteiger partial charge on any atom is 0.123 e. The summed E-state index contributed by atoms with van der Waals surface area (Å²) in [6.07, 6.45) is 0.123. The number of nitrogens with one attached hydrogen (secondary N) is 1. The molecule has 2 aromatic carbocycles. The lowest BCUT2D eigenvalue weighted by atomic mass is 9.85. The van der Waals surface area contributed by atoms with Crippen LogP contribution < -0.4 is 10.1 Å². The number of hydrogen-bond donors (Lipinski definition) is 1. The van der Waals surface area contributed by atoms with Crippen LogP contribution in [0.5, 0.6) is 5.75 Å². The number of hydrogen-bond acceptors (Lipinski definition) is 3. The van der Waals surface area contributed by atoms with Gasteiger partial charge in [-0.1, -0.05) is 48.5 Å². The van der Waals surface area contributed by atoms with Gasteiger partial charge in [0.1, 0.15) is 5.75 Å². The SMILES string of the molecule is CCOc1ccccc1C(c1ccccc1)C1CNCCO1. The number of rotatable bonds is 5. The number of para-hydroxylation sites is 1. The molecule has 22 heavy (non-hydrogen) atoms. The molecule has 1 aliphatic heterocycles. The molecule has 1 N–H and O–H groups in total. The monoisotopic (exact) mass is 297 g/mol. The fraction of sp³-hybridized carbons (Fsp3) is 0.368. The van der Waals surface area contributed by atoms with E-state index >= 15 is 0 Å². The normalized spacial score (nSPS) is 19.6. The van der Waals surface area contributed by atoms with Gasteiger partial charge in [0.15, 0.2) is 0 Å². The van der Waals surface area contributed by atoms with E-state index in [1.54, 1.807) is 0 Å². The van der Waals surface area contributed by atoms with Crippen molar-refractivity contribution in [1.82, 2.24) is 5.32 Å². The molecule has 0 amide bonds. The van der Waals surface area contributed by atoms with Crippen LogP contribution in [0.4, 0.5) is 0 Å². The zero-order chi connectivity index (χ0) is 15.2. The lowest BCUT2D eigenvalue weighted by molar-refractivity contribution is 0.0182. The van der Waals surface area contributed by atoms with E-state index in [4.69, 9.17) is 9.47 Å². The molecule has 0 spiro atoms. The van der Waals surface area contributed by atoms with Crippen LogP contribution >= 0.6 is 0 Å². The molecular weight excluding hydrogens is 274 g/mol. The quantitative estimate of drug-likeness (QED) is 0.919. The molecule has 3 heteroatoms. The van der Waals surface area contributed by atoms with Gasteiger partial charge in [-0.3, -0.25) is 0 Å². The molecular formula is C19H23NO2. The summed E-state index contributed by atoms with van der Waals surface area (Å²) < 4.78 is 11.9. The Hall–Kier alpha value is -1.84. The zero-order valence-electron chi connectivity index (χ0n) is 13.0. The van der Waals surface area contributed by atoms with Crippen molar-refractivity contribution in [3.05, 3.63) is 65.7 Å². The van der Waals surface area contributed by atoms with E-state index in [2.05, 4.69) is 47.8 Å². The van der Waals surface area contributed by atoms with E-state index in [1.165, 1.54) is 11.1 Å². The minimum atomic E-state index is 0.123. The third-order valence-corrected chi connectivity index (χ3v) is 4.04. The molecule has 0 aliphatic carbocycles. The van der Waals surface area contributed by atoms with Crippen molar-refractivity contribution < 1.29 is 9.47 Å². The highest BCUT2D eigenvalue weighted by Gasteiger charge is 2.29. The highest BCUT2D eigenvalue weighted by Crippen LogP contribution is 2.36. The van der Waals surface area contributed by atoms with Crippen LogP contribution in [0.15, 0.2) is 54.6 Å². The smallest absolute Gasteiger partial charge is 0.123 e. The molecule has 2 atom stereocenters. The third kappa shape index (κ3) is 3.32. The molecule has 116 valence electrons. The average Bonchev–Trinajstić information content (AvgIpc) is 2.59. The Labute approximate surface area is 132 Å². The summed E-state index contributed by atoms with van der Waals surface area (Å²) in [5, 5.41) is 3.44. The zero-order valence-corrected chi connectivity index (χ0v) is 13.0. The van der Waals surface area contributed by atoms with Crippen molar-refractivity contribution in [2.75, 3.05) is 26.3 Å². The van der Waals surface area contributed by atoms with Crippen molar-refractivity contribution in [1.29, 1.82) is 0 Å². The lowest BCUT2D eigenvalue weighted by Crippen LogP contribution is -2.42. The molecule has 1 saturated heterocycles. The van der Waals surface area contributed by atoms with E-state index in [0.29, 0.717) is 6.61 Å². The van der Waals surface area contributed by atoms with Crippen LogP contribution in [0, 0.1) is 0 Å². The van der Waals surface area contributed by atoms with Crippen LogP contribution in [-0.4, -0.2) is 32.4 Å². The van der Waals surface area contributed by atoms with Crippen molar-refractivity contribution >= 4 is 0 Å². The van der Waals surface area contributed by atoms with Gasteiger partial charge in [-0.25, -0.2) is 0 Å². The second-order valence-electron chi connectivity index (χ2n) is 5.47. The summed E-state index contributed by atoms with van der Waals surface area (Å²) >= 11 is 0. The van der Waals surface area contributed by atoms with E-state index in [0.717, 1.165) is 25.4 Å². The van der Waals surface area contributed by atoms with Gasteiger partial charge >= 0.3 is 0 Å². The Bertz CT molecular complexity index is 579. The fourth-order valence-corrected chi connectivity index (χ4v) is 3.08. The maximum atomic E-state index is 6.06. The molecule has 1 aliphatic rings. The van der Waals surface area contributed by atoms with E-state index in [9.17, 15) is 0 Å². The molecule has 0 bridgehead atoms. The van der Waals surface area contributed by atoms with Gasteiger partial charge < -0.3 is 14.8 Å². The highest BCUT2D eigenvalue weighted by atomic mass is 16.5. The van der Waals surface area contributed by atoms with Crippen LogP contribution in [0.25, 0.3) is 0 Å². The van der Waals surface area contributed by atoms with E-state index in [-0.39, 0.29) is 12.0 Å². The van der Waals surface area contributed by atoms with Crippen LogP contribution in [0.1, 0.15) is 24.0 Å². The predicted molar refractivity (Wildman–Crippen MR) is 88.5 cm³/mol. The minimum Gasteiger partial charge on any atom is -0.494 e. The highest BCUT2D eigenvalue weighted by molar-refractivity contribution is 5.43. The summed E-state index contributed by atoms with van der Waals surface area (Å²) in [6.45, 7) is 5.23. The van der Waals surface area contributed by atoms with Crippen molar-refractivity contribution in [2.45, 2.75) is 18.9 Å². The average molecular weight is 297 g/mol. The molecule has 1 fully saturated rings. The molecule has 2 aromatic rings. The van der Waals surface area contributed by atoms with Crippen molar-refractivity contribution in [2.24, 2.45) is 0 Å². The second kappa shape index (κ2) is 7.43. The summed E-state index contributed by atoms with van der Waals surface area (Å²) in [5.41, 5.74) is 2.47. The molecule has 1 heterocycles.